The minimum atomic E-state index is -1.23. The number of likely N-dealkylation sites (N-methyl/N-ethyl adjacent to an activating group) is 1. The molecule has 0 bridgehead atoms. The van der Waals surface area contributed by atoms with E-state index in [4.69, 9.17) is 33.0 Å². The van der Waals surface area contributed by atoms with Gasteiger partial charge in [-0.2, -0.15) is 0 Å². The number of nitrogens with one attached hydrogen (secondary N) is 1. The lowest BCUT2D eigenvalue weighted by atomic mass is 10.2. The van der Waals surface area contributed by atoms with Crippen molar-refractivity contribution in [3.05, 3.63) is 27.7 Å². The normalized spacial score (nSPS) is 9.94. The Balaban J connectivity index is 2.93. The van der Waals surface area contributed by atoms with Crippen LogP contribution in [0.3, 0.4) is 0 Å². The lowest BCUT2D eigenvalue weighted by Crippen LogP contribution is -2.28. The van der Waals surface area contributed by atoms with Crippen molar-refractivity contribution < 1.29 is 19.4 Å². The highest BCUT2D eigenvalue weighted by Crippen LogP contribution is 2.32. The summed E-state index contributed by atoms with van der Waals surface area (Å²) in [6, 6.07) is 2.56. The molecular formula is C11H11Cl2NO4. The van der Waals surface area contributed by atoms with E-state index in [1.54, 1.807) is 6.92 Å². The van der Waals surface area contributed by atoms with Crippen LogP contribution in [0.4, 0.5) is 0 Å². The zero-order valence-corrected chi connectivity index (χ0v) is 11.0. The molecule has 0 aliphatic carbocycles. The molecule has 1 aromatic carbocycles. The lowest BCUT2D eigenvalue weighted by molar-refractivity contribution is -0.123. The van der Waals surface area contributed by atoms with Crippen LogP contribution in [-0.2, 0) is 4.79 Å². The van der Waals surface area contributed by atoms with Crippen LogP contribution in [0.1, 0.15) is 17.3 Å². The Morgan fingerprint density at radius 1 is 1.39 bits per heavy atom. The molecule has 18 heavy (non-hydrogen) atoms. The summed E-state index contributed by atoms with van der Waals surface area (Å²) in [6.07, 6.45) is 0. The summed E-state index contributed by atoms with van der Waals surface area (Å²) < 4.78 is 5.12. The second kappa shape index (κ2) is 6.47. The first-order valence-corrected chi connectivity index (χ1v) is 5.83. The Bertz CT molecular complexity index is 476. The van der Waals surface area contributed by atoms with Crippen LogP contribution in [-0.4, -0.2) is 30.1 Å². The second-order valence-corrected chi connectivity index (χ2v) is 4.16. The van der Waals surface area contributed by atoms with E-state index in [0.29, 0.717) is 6.54 Å². The van der Waals surface area contributed by atoms with Gasteiger partial charge in [0.15, 0.2) is 12.4 Å². The van der Waals surface area contributed by atoms with E-state index in [0.717, 1.165) is 0 Å². The fourth-order valence-electron chi connectivity index (χ4n) is 1.25. The summed E-state index contributed by atoms with van der Waals surface area (Å²) in [5.41, 5.74) is -0.184. The minimum absolute atomic E-state index is 0.0456. The maximum atomic E-state index is 11.2. The van der Waals surface area contributed by atoms with E-state index in [2.05, 4.69) is 5.32 Å². The van der Waals surface area contributed by atoms with Crippen molar-refractivity contribution in [2.45, 2.75) is 6.92 Å². The van der Waals surface area contributed by atoms with Crippen LogP contribution in [0, 0.1) is 0 Å². The predicted octanol–water partition coefficient (Wildman–Crippen LogP) is 2.21. The molecule has 98 valence electrons. The number of hydrogen-bond acceptors (Lipinski definition) is 3. The number of carbonyl (C=O) groups is 2. The first-order chi connectivity index (χ1) is 8.45. The number of amides is 1. The number of carboxylic acids is 1. The average Bonchev–Trinajstić information content (AvgIpc) is 2.27. The molecule has 0 fully saturated rings. The fraction of sp³-hybridized carbons (Fsp3) is 0.273. The van der Waals surface area contributed by atoms with Gasteiger partial charge in [0.1, 0.15) is 5.56 Å². The molecule has 0 spiro atoms. The van der Waals surface area contributed by atoms with Crippen molar-refractivity contribution >= 4 is 35.1 Å². The van der Waals surface area contributed by atoms with Gasteiger partial charge in [-0.3, -0.25) is 4.79 Å². The van der Waals surface area contributed by atoms with Crippen LogP contribution < -0.4 is 10.1 Å². The Morgan fingerprint density at radius 3 is 2.61 bits per heavy atom. The van der Waals surface area contributed by atoms with Gasteiger partial charge >= 0.3 is 5.97 Å². The maximum absolute atomic E-state index is 11.2. The molecule has 1 rings (SSSR count). The van der Waals surface area contributed by atoms with Crippen LogP contribution in [0.5, 0.6) is 5.75 Å². The Labute approximate surface area is 114 Å². The van der Waals surface area contributed by atoms with Gasteiger partial charge in [0.25, 0.3) is 5.91 Å². The van der Waals surface area contributed by atoms with E-state index < -0.39 is 5.97 Å². The molecule has 7 heteroatoms. The third kappa shape index (κ3) is 3.78. The summed E-state index contributed by atoms with van der Waals surface area (Å²) in [6.45, 7) is 1.91. The molecular weight excluding hydrogens is 281 g/mol. The molecule has 5 nitrogen and oxygen atoms in total. The molecule has 0 unspecified atom stereocenters. The van der Waals surface area contributed by atoms with E-state index in [9.17, 15) is 9.59 Å². The number of rotatable bonds is 5. The standard InChI is InChI=1S/C11H11Cl2NO4/c1-2-14-9(15)5-18-10-7(11(16)17)3-6(12)4-8(10)13/h3-4H,2,5H2,1H3,(H,14,15)(H,16,17). The summed E-state index contributed by atoms with van der Waals surface area (Å²) in [5, 5.41) is 11.7. The topological polar surface area (TPSA) is 75.6 Å². The summed E-state index contributed by atoms with van der Waals surface area (Å²) in [5.74, 6) is -1.66. The smallest absolute Gasteiger partial charge is 0.339 e. The number of halogens is 2. The molecule has 1 aromatic rings. The third-order valence-corrected chi connectivity index (χ3v) is 2.46. The Morgan fingerprint density at radius 2 is 2.06 bits per heavy atom. The van der Waals surface area contributed by atoms with Crippen molar-refractivity contribution in [3.63, 3.8) is 0 Å². The number of carboxylic acid groups (broad SMARTS) is 1. The van der Waals surface area contributed by atoms with Gasteiger partial charge in [-0.15, -0.1) is 0 Å². The van der Waals surface area contributed by atoms with Crippen molar-refractivity contribution in [1.29, 1.82) is 0 Å². The molecule has 2 N–H and O–H groups in total. The van der Waals surface area contributed by atoms with Gasteiger partial charge in [-0.05, 0) is 19.1 Å². The highest BCUT2D eigenvalue weighted by molar-refractivity contribution is 6.36. The van der Waals surface area contributed by atoms with Gasteiger partial charge < -0.3 is 15.2 Å². The van der Waals surface area contributed by atoms with Crippen LogP contribution in [0.15, 0.2) is 12.1 Å². The fourth-order valence-corrected chi connectivity index (χ4v) is 1.80. The molecule has 0 atom stereocenters. The Kier molecular flexibility index (Phi) is 5.25. The Hall–Kier alpha value is -1.46. The molecule has 0 heterocycles. The minimum Gasteiger partial charge on any atom is -0.481 e. The summed E-state index contributed by atoms with van der Waals surface area (Å²) in [4.78, 5) is 22.2. The van der Waals surface area contributed by atoms with Gasteiger partial charge in [0.2, 0.25) is 0 Å². The maximum Gasteiger partial charge on any atom is 0.339 e. The number of aromatic carboxylic acids is 1. The highest BCUT2D eigenvalue weighted by atomic mass is 35.5. The van der Waals surface area contributed by atoms with E-state index in [-0.39, 0.29) is 33.9 Å². The SMILES string of the molecule is CCNC(=O)COc1c(Cl)cc(Cl)cc1C(=O)O. The van der Waals surface area contributed by atoms with Gasteiger partial charge in [-0.1, -0.05) is 23.2 Å². The molecule has 0 aliphatic heterocycles. The van der Waals surface area contributed by atoms with Crippen molar-refractivity contribution in [3.8, 4) is 5.75 Å². The molecule has 0 saturated heterocycles. The van der Waals surface area contributed by atoms with Gasteiger partial charge in [-0.25, -0.2) is 4.79 Å². The summed E-state index contributed by atoms with van der Waals surface area (Å²) in [7, 11) is 0. The first kappa shape index (κ1) is 14.6. The third-order valence-electron chi connectivity index (χ3n) is 1.96. The van der Waals surface area contributed by atoms with Crippen LogP contribution in [0.25, 0.3) is 0 Å². The zero-order valence-electron chi connectivity index (χ0n) is 9.50. The monoisotopic (exact) mass is 291 g/mol. The summed E-state index contributed by atoms with van der Waals surface area (Å²) >= 11 is 11.5. The molecule has 0 aliphatic rings. The number of hydrogen-bond donors (Lipinski definition) is 2. The quantitative estimate of drug-likeness (QED) is 0.872. The molecule has 0 aromatic heterocycles. The van der Waals surface area contributed by atoms with E-state index in [1.165, 1.54) is 12.1 Å². The first-order valence-electron chi connectivity index (χ1n) is 5.07. The van der Waals surface area contributed by atoms with E-state index >= 15 is 0 Å². The van der Waals surface area contributed by atoms with Crippen LogP contribution >= 0.6 is 23.2 Å². The lowest BCUT2D eigenvalue weighted by Gasteiger charge is -2.11. The number of ether oxygens (including phenoxy) is 1. The van der Waals surface area contributed by atoms with Gasteiger partial charge in [0.05, 0.1) is 5.02 Å². The largest absolute Gasteiger partial charge is 0.481 e. The number of carbonyl (C=O) groups excluding carboxylic acids is 1. The highest BCUT2D eigenvalue weighted by Gasteiger charge is 2.17. The van der Waals surface area contributed by atoms with Gasteiger partial charge in [0, 0.05) is 11.6 Å². The van der Waals surface area contributed by atoms with Crippen molar-refractivity contribution in [1.82, 2.24) is 5.32 Å². The predicted molar refractivity (Wildman–Crippen MR) is 67.6 cm³/mol. The second-order valence-electron chi connectivity index (χ2n) is 3.31. The average molecular weight is 292 g/mol. The zero-order chi connectivity index (χ0) is 13.7. The van der Waals surface area contributed by atoms with Crippen LogP contribution in [0.2, 0.25) is 10.0 Å². The molecule has 1 amide bonds. The molecule has 0 saturated carbocycles. The molecule has 0 radical (unpaired) electrons. The van der Waals surface area contributed by atoms with Crippen molar-refractivity contribution in [2.24, 2.45) is 0 Å². The number of benzene rings is 1. The van der Waals surface area contributed by atoms with Crippen molar-refractivity contribution in [2.75, 3.05) is 13.2 Å². The van der Waals surface area contributed by atoms with E-state index in [1.807, 2.05) is 0 Å².